The third-order valence-corrected chi connectivity index (χ3v) is 5.75. The number of thiazole rings is 1. The average Bonchev–Trinajstić information content (AvgIpc) is 3.33. The highest BCUT2D eigenvalue weighted by Gasteiger charge is 2.16. The fraction of sp³-hybridized carbons (Fsp3) is 0.125. The molecule has 4 aromatic rings. The van der Waals surface area contributed by atoms with E-state index < -0.39 is 0 Å². The Bertz CT molecular complexity index is 1070. The summed E-state index contributed by atoms with van der Waals surface area (Å²) in [7, 11) is 1.85. The zero-order valence-corrected chi connectivity index (χ0v) is 16.7. The van der Waals surface area contributed by atoms with Gasteiger partial charge in [0, 0.05) is 28.5 Å². The van der Waals surface area contributed by atoms with E-state index in [1.807, 2.05) is 41.3 Å². The summed E-state index contributed by atoms with van der Waals surface area (Å²) < 4.78 is 8.66. The van der Waals surface area contributed by atoms with Crippen molar-refractivity contribution in [1.29, 1.82) is 0 Å². The SMILES string of the molecule is Cn1c(SCC(=O)Nc2nccs2)nnc1-c1cc2cc(Br)ccc2o1. The Morgan fingerprint density at radius 2 is 2.27 bits per heavy atom. The van der Waals surface area contributed by atoms with Gasteiger partial charge in [0.1, 0.15) is 5.58 Å². The van der Waals surface area contributed by atoms with Crippen LogP contribution in [0.25, 0.3) is 22.6 Å². The molecule has 26 heavy (non-hydrogen) atoms. The van der Waals surface area contributed by atoms with Crippen molar-refractivity contribution in [2.24, 2.45) is 7.05 Å². The summed E-state index contributed by atoms with van der Waals surface area (Å²) >= 11 is 6.14. The fourth-order valence-corrected chi connectivity index (χ4v) is 3.99. The maximum absolute atomic E-state index is 12.0. The van der Waals surface area contributed by atoms with Crippen molar-refractivity contribution < 1.29 is 9.21 Å². The summed E-state index contributed by atoms with van der Waals surface area (Å²) in [4.78, 5) is 16.0. The van der Waals surface area contributed by atoms with Gasteiger partial charge in [0.2, 0.25) is 5.91 Å². The summed E-state index contributed by atoms with van der Waals surface area (Å²) in [6, 6.07) is 7.73. The average molecular weight is 450 g/mol. The summed E-state index contributed by atoms with van der Waals surface area (Å²) in [5, 5.41) is 15.1. The number of thioether (sulfide) groups is 1. The lowest BCUT2D eigenvalue weighted by atomic mass is 10.2. The third kappa shape index (κ3) is 3.53. The van der Waals surface area contributed by atoms with Crippen molar-refractivity contribution >= 4 is 61.0 Å². The molecule has 0 bridgehead atoms. The lowest BCUT2D eigenvalue weighted by molar-refractivity contribution is -0.113. The monoisotopic (exact) mass is 449 g/mol. The van der Waals surface area contributed by atoms with E-state index in [9.17, 15) is 4.79 Å². The molecule has 7 nitrogen and oxygen atoms in total. The number of aromatic nitrogens is 4. The second kappa shape index (κ2) is 7.22. The van der Waals surface area contributed by atoms with Gasteiger partial charge >= 0.3 is 0 Å². The highest BCUT2D eigenvalue weighted by molar-refractivity contribution is 9.10. The molecule has 1 amide bonds. The number of hydrogen-bond donors (Lipinski definition) is 1. The van der Waals surface area contributed by atoms with E-state index in [0.29, 0.717) is 21.9 Å². The maximum Gasteiger partial charge on any atom is 0.236 e. The second-order valence-corrected chi connectivity index (χ2v) is 8.08. The quantitative estimate of drug-likeness (QED) is 0.460. The number of nitrogens with zero attached hydrogens (tertiary/aromatic N) is 4. The number of rotatable bonds is 5. The molecule has 0 radical (unpaired) electrons. The molecular weight excluding hydrogens is 438 g/mol. The number of fused-ring (bicyclic) bond motifs is 1. The predicted octanol–water partition coefficient (Wildman–Crippen LogP) is 4.18. The van der Waals surface area contributed by atoms with Gasteiger partial charge in [-0.25, -0.2) is 4.98 Å². The van der Waals surface area contributed by atoms with E-state index in [0.717, 1.165) is 15.4 Å². The molecule has 1 aromatic carbocycles. The van der Waals surface area contributed by atoms with Gasteiger partial charge in [0.15, 0.2) is 21.9 Å². The van der Waals surface area contributed by atoms with Crippen LogP contribution in [0.3, 0.4) is 0 Å². The highest BCUT2D eigenvalue weighted by Crippen LogP contribution is 2.30. The highest BCUT2D eigenvalue weighted by atomic mass is 79.9. The van der Waals surface area contributed by atoms with Gasteiger partial charge in [-0.3, -0.25) is 4.79 Å². The minimum Gasteiger partial charge on any atom is -0.453 e. The Morgan fingerprint density at radius 1 is 1.38 bits per heavy atom. The number of carbonyl (C=O) groups excluding carboxylic acids is 1. The molecule has 132 valence electrons. The minimum absolute atomic E-state index is 0.136. The van der Waals surface area contributed by atoms with Crippen molar-refractivity contribution in [3.8, 4) is 11.6 Å². The molecule has 3 heterocycles. The van der Waals surface area contributed by atoms with Crippen molar-refractivity contribution in [3.63, 3.8) is 0 Å². The van der Waals surface area contributed by atoms with Crippen molar-refractivity contribution in [2.75, 3.05) is 11.1 Å². The topological polar surface area (TPSA) is 85.8 Å². The molecule has 0 aliphatic heterocycles. The number of hydrogen-bond acceptors (Lipinski definition) is 7. The largest absolute Gasteiger partial charge is 0.453 e. The van der Waals surface area contributed by atoms with Crippen LogP contribution in [0, 0.1) is 0 Å². The van der Waals surface area contributed by atoms with Crippen molar-refractivity contribution in [3.05, 3.63) is 40.3 Å². The number of carbonyl (C=O) groups is 1. The summed E-state index contributed by atoms with van der Waals surface area (Å²) in [6.45, 7) is 0. The van der Waals surface area contributed by atoms with E-state index in [4.69, 9.17) is 4.42 Å². The Morgan fingerprint density at radius 3 is 3.08 bits per heavy atom. The van der Waals surface area contributed by atoms with Crippen LogP contribution in [-0.4, -0.2) is 31.4 Å². The lowest BCUT2D eigenvalue weighted by Crippen LogP contribution is -2.14. The van der Waals surface area contributed by atoms with Gasteiger partial charge in [-0.1, -0.05) is 27.7 Å². The second-order valence-electron chi connectivity index (χ2n) is 5.33. The van der Waals surface area contributed by atoms with E-state index in [1.165, 1.54) is 23.1 Å². The Labute approximate surface area is 165 Å². The summed E-state index contributed by atoms with van der Waals surface area (Å²) in [5.74, 6) is 1.33. The van der Waals surface area contributed by atoms with Crippen LogP contribution in [0.5, 0.6) is 0 Å². The van der Waals surface area contributed by atoms with Crippen LogP contribution in [0.4, 0.5) is 5.13 Å². The van der Waals surface area contributed by atoms with E-state index >= 15 is 0 Å². The smallest absolute Gasteiger partial charge is 0.236 e. The van der Waals surface area contributed by atoms with Gasteiger partial charge in [-0.2, -0.15) is 0 Å². The molecule has 0 spiro atoms. The first-order valence-corrected chi connectivity index (χ1v) is 10.2. The molecular formula is C16H12BrN5O2S2. The molecule has 1 N–H and O–H groups in total. The van der Waals surface area contributed by atoms with Gasteiger partial charge in [-0.05, 0) is 24.3 Å². The van der Waals surface area contributed by atoms with Gasteiger partial charge in [-0.15, -0.1) is 21.5 Å². The molecule has 0 unspecified atom stereocenters. The van der Waals surface area contributed by atoms with E-state index in [2.05, 4.69) is 36.4 Å². The first-order valence-electron chi connectivity index (χ1n) is 7.51. The summed E-state index contributed by atoms with van der Waals surface area (Å²) in [5.41, 5.74) is 0.781. The van der Waals surface area contributed by atoms with Crippen LogP contribution in [0.15, 0.2) is 49.9 Å². The standard InChI is InChI=1S/C16H12BrN5O2S2/c1-22-14(12-7-9-6-10(17)2-3-11(9)24-12)20-21-16(22)26-8-13(23)19-15-18-4-5-25-15/h2-7H,8H2,1H3,(H,18,19,23). The lowest BCUT2D eigenvalue weighted by Gasteiger charge is -2.02. The Hall–Kier alpha value is -2.17. The van der Waals surface area contributed by atoms with Gasteiger partial charge in [0.05, 0.1) is 5.75 Å². The Balaban J connectivity index is 1.49. The molecule has 0 atom stereocenters. The van der Waals surface area contributed by atoms with Crippen molar-refractivity contribution in [1.82, 2.24) is 19.7 Å². The molecule has 0 saturated heterocycles. The molecule has 3 aromatic heterocycles. The molecule has 0 fully saturated rings. The Kier molecular flexibility index (Phi) is 4.79. The number of furan rings is 1. The minimum atomic E-state index is -0.136. The predicted molar refractivity (Wildman–Crippen MR) is 105 cm³/mol. The zero-order chi connectivity index (χ0) is 18.1. The van der Waals surface area contributed by atoms with Crippen LogP contribution in [0.2, 0.25) is 0 Å². The van der Waals surface area contributed by atoms with Crippen LogP contribution in [0.1, 0.15) is 0 Å². The number of benzene rings is 1. The summed E-state index contributed by atoms with van der Waals surface area (Å²) in [6.07, 6.45) is 1.65. The van der Waals surface area contributed by atoms with Crippen LogP contribution in [-0.2, 0) is 11.8 Å². The third-order valence-electron chi connectivity index (χ3n) is 3.54. The van der Waals surface area contributed by atoms with Gasteiger partial charge < -0.3 is 14.3 Å². The number of nitrogens with one attached hydrogen (secondary N) is 1. The molecule has 0 aliphatic carbocycles. The molecule has 0 saturated carbocycles. The molecule has 0 aliphatic rings. The van der Waals surface area contributed by atoms with Crippen LogP contribution >= 0.6 is 39.0 Å². The van der Waals surface area contributed by atoms with E-state index in [-0.39, 0.29) is 11.7 Å². The zero-order valence-electron chi connectivity index (χ0n) is 13.5. The maximum atomic E-state index is 12.0. The first kappa shape index (κ1) is 17.3. The van der Waals surface area contributed by atoms with Crippen LogP contribution < -0.4 is 5.32 Å². The number of amides is 1. The van der Waals surface area contributed by atoms with Crippen molar-refractivity contribution in [2.45, 2.75) is 5.16 Å². The molecule has 4 rings (SSSR count). The number of halogens is 1. The molecule has 10 heteroatoms. The van der Waals surface area contributed by atoms with Gasteiger partial charge in [0.25, 0.3) is 0 Å². The first-order chi connectivity index (χ1) is 12.6. The number of anilines is 1. The van der Waals surface area contributed by atoms with E-state index in [1.54, 1.807) is 6.20 Å². The normalized spacial score (nSPS) is 11.2. The fourth-order valence-electron chi connectivity index (χ4n) is 2.35.